The maximum Gasteiger partial charge on any atom is 0.256 e. The molecule has 5 nitrogen and oxygen atoms in total. The van der Waals surface area contributed by atoms with Crippen LogP contribution in [0.2, 0.25) is 0 Å². The number of rotatable bonds is 7. The van der Waals surface area contributed by atoms with E-state index in [9.17, 15) is 10.1 Å². The van der Waals surface area contributed by atoms with Gasteiger partial charge in [0, 0.05) is 6.61 Å². The molecular weight excluding hydrogens is 316 g/mol. The Morgan fingerprint density at radius 3 is 2.88 bits per heavy atom. The molecule has 0 aromatic heterocycles. The Labute approximate surface area is 150 Å². The van der Waals surface area contributed by atoms with Crippen LogP contribution in [0.15, 0.2) is 18.2 Å². The van der Waals surface area contributed by atoms with E-state index in [1.807, 2.05) is 13.8 Å². The molecule has 1 amide bonds. The smallest absolute Gasteiger partial charge is 0.256 e. The summed E-state index contributed by atoms with van der Waals surface area (Å²) in [4.78, 5) is 13.0. The fourth-order valence-electron chi connectivity index (χ4n) is 3.45. The Kier molecular flexibility index (Phi) is 6.83. The van der Waals surface area contributed by atoms with Gasteiger partial charge in [0.1, 0.15) is 17.4 Å². The van der Waals surface area contributed by atoms with Gasteiger partial charge in [0.25, 0.3) is 5.91 Å². The predicted octanol–water partition coefficient (Wildman–Crippen LogP) is 4.27. The van der Waals surface area contributed by atoms with Gasteiger partial charge in [-0.3, -0.25) is 4.79 Å². The largest absolute Gasteiger partial charge is 0.494 e. The zero-order valence-electron chi connectivity index (χ0n) is 15.4. The summed E-state index contributed by atoms with van der Waals surface area (Å²) >= 11 is 0. The van der Waals surface area contributed by atoms with Gasteiger partial charge in [-0.05, 0) is 56.7 Å². The number of hydrogen-bond acceptors (Lipinski definition) is 4. The number of anilines is 1. The molecule has 2 atom stereocenters. The number of amides is 1. The van der Waals surface area contributed by atoms with Crippen LogP contribution in [0, 0.1) is 17.2 Å². The molecule has 0 unspecified atom stereocenters. The molecule has 0 radical (unpaired) electrons. The van der Waals surface area contributed by atoms with Crippen molar-refractivity contribution >= 4 is 11.6 Å². The number of hydrogen-bond donors (Lipinski definition) is 1. The zero-order chi connectivity index (χ0) is 18.3. The van der Waals surface area contributed by atoms with Gasteiger partial charge in [0.15, 0.2) is 0 Å². The van der Waals surface area contributed by atoms with Crippen LogP contribution >= 0.6 is 0 Å². The topological polar surface area (TPSA) is 71.3 Å². The third-order valence-electron chi connectivity index (χ3n) is 4.62. The fraction of sp³-hybridized carbons (Fsp3) is 0.600. The lowest BCUT2D eigenvalue weighted by Crippen LogP contribution is -2.48. The van der Waals surface area contributed by atoms with E-state index >= 15 is 0 Å². The van der Waals surface area contributed by atoms with Crippen molar-refractivity contribution in [3.8, 4) is 11.8 Å². The Morgan fingerprint density at radius 2 is 2.24 bits per heavy atom. The van der Waals surface area contributed by atoms with E-state index in [2.05, 4.69) is 18.3 Å². The van der Waals surface area contributed by atoms with Crippen LogP contribution in [0.25, 0.3) is 0 Å². The van der Waals surface area contributed by atoms with Crippen LogP contribution in [0.1, 0.15) is 58.4 Å². The van der Waals surface area contributed by atoms with Crippen molar-refractivity contribution in [1.82, 2.24) is 0 Å². The number of ether oxygens (including phenoxy) is 2. The van der Waals surface area contributed by atoms with Gasteiger partial charge < -0.3 is 14.8 Å². The SMILES string of the molecule is CCCOc1ccc(NC(=O)[C@]2(OCC)CCC[C@H](C)C2)c(C#N)c1. The summed E-state index contributed by atoms with van der Waals surface area (Å²) in [6, 6.07) is 7.32. The van der Waals surface area contributed by atoms with Gasteiger partial charge in [0.05, 0.1) is 17.9 Å². The van der Waals surface area contributed by atoms with Crippen molar-refractivity contribution in [2.75, 3.05) is 18.5 Å². The Morgan fingerprint density at radius 1 is 1.44 bits per heavy atom. The fourth-order valence-corrected chi connectivity index (χ4v) is 3.45. The summed E-state index contributed by atoms with van der Waals surface area (Å²) < 4.78 is 11.5. The lowest BCUT2D eigenvalue weighted by Gasteiger charge is -2.38. The molecule has 1 N–H and O–H groups in total. The molecule has 0 bridgehead atoms. The minimum Gasteiger partial charge on any atom is -0.494 e. The number of nitrogens with zero attached hydrogens (tertiary/aromatic N) is 1. The molecule has 0 heterocycles. The number of carbonyl (C=O) groups is 1. The van der Waals surface area contributed by atoms with Crippen LogP contribution < -0.4 is 10.1 Å². The second-order valence-electron chi connectivity index (χ2n) is 6.75. The third kappa shape index (κ3) is 4.73. The summed E-state index contributed by atoms with van der Waals surface area (Å²) in [5.74, 6) is 0.938. The molecule has 1 fully saturated rings. The maximum absolute atomic E-state index is 13.0. The molecule has 2 rings (SSSR count). The third-order valence-corrected chi connectivity index (χ3v) is 4.62. The minimum atomic E-state index is -0.795. The molecule has 25 heavy (non-hydrogen) atoms. The molecule has 1 aliphatic rings. The first-order chi connectivity index (χ1) is 12.0. The first kappa shape index (κ1) is 19.3. The summed E-state index contributed by atoms with van der Waals surface area (Å²) in [5.41, 5.74) is 0.113. The highest BCUT2D eigenvalue weighted by Crippen LogP contribution is 2.36. The average Bonchev–Trinajstić information content (AvgIpc) is 2.61. The quantitative estimate of drug-likeness (QED) is 0.802. The Balaban J connectivity index is 2.19. The minimum absolute atomic E-state index is 0.153. The summed E-state index contributed by atoms with van der Waals surface area (Å²) in [7, 11) is 0. The number of benzene rings is 1. The van der Waals surface area contributed by atoms with Crippen molar-refractivity contribution in [2.45, 2.75) is 58.5 Å². The number of nitrogens with one attached hydrogen (secondary N) is 1. The molecule has 136 valence electrons. The molecule has 0 saturated heterocycles. The molecule has 1 aromatic rings. The average molecular weight is 344 g/mol. The second kappa shape index (κ2) is 8.87. The first-order valence-corrected chi connectivity index (χ1v) is 9.17. The van der Waals surface area contributed by atoms with Crippen molar-refractivity contribution in [3.63, 3.8) is 0 Å². The van der Waals surface area contributed by atoms with Gasteiger partial charge in [0.2, 0.25) is 0 Å². The molecule has 1 saturated carbocycles. The van der Waals surface area contributed by atoms with Crippen LogP contribution in [0.4, 0.5) is 5.69 Å². The van der Waals surface area contributed by atoms with E-state index in [-0.39, 0.29) is 5.91 Å². The van der Waals surface area contributed by atoms with Crippen LogP contribution in [0.5, 0.6) is 5.75 Å². The molecule has 1 aromatic carbocycles. The van der Waals surface area contributed by atoms with E-state index in [1.54, 1.807) is 18.2 Å². The highest BCUT2D eigenvalue weighted by atomic mass is 16.5. The molecule has 0 aliphatic heterocycles. The Hall–Kier alpha value is -2.06. The standard InChI is InChI=1S/C20H28N2O3/c1-4-11-24-17-8-9-18(16(12-17)14-21)22-19(23)20(25-5-2)10-6-7-15(3)13-20/h8-9,12,15H,4-7,10-11,13H2,1-3H3,(H,22,23)/t15-,20-/m0/s1. The molecule has 1 aliphatic carbocycles. The van der Waals surface area contributed by atoms with Crippen LogP contribution in [-0.2, 0) is 9.53 Å². The van der Waals surface area contributed by atoms with Crippen molar-refractivity contribution in [3.05, 3.63) is 23.8 Å². The zero-order valence-corrected chi connectivity index (χ0v) is 15.4. The highest BCUT2D eigenvalue weighted by Gasteiger charge is 2.42. The first-order valence-electron chi connectivity index (χ1n) is 9.17. The predicted molar refractivity (Wildman–Crippen MR) is 97.6 cm³/mol. The monoisotopic (exact) mass is 344 g/mol. The highest BCUT2D eigenvalue weighted by molar-refractivity contribution is 5.98. The Bertz CT molecular complexity index is 634. The van der Waals surface area contributed by atoms with Gasteiger partial charge in [-0.1, -0.05) is 20.3 Å². The van der Waals surface area contributed by atoms with Crippen LogP contribution in [0.3, 0.4) is 0 Å². The van der Waals surface area contributed by atoms with Crippen molar-refractivity contribution in [2.24, 2.45) is 5.92 Å². The van der Waals surface area contributed by atoms with Crippen molar-refractivity contribution < 1.29 is 14.3 Å². The normalized spacial score (nSPS) is 22.9. The lowest BCUT2D eigenvalue weighted by molar-refractivity contribution is -0.147. The summed E-state index contributed by atoms with van der Waals surface area (Å²) in [5, 5.41) is 12.3. The van der Waals surface area contributed by atoms with Gasteiger partial charge in [-0.15, -0.1) is 0 Å². The summed E-state index contributed by atoms with van der Waals surface area (Å²) in [6.07, 6.45) is 4.43. The van der Waals surface area contributed by atoms with Crippen LogP contribution in [-0.4, -0.2) is 24.7 Å². The second-order valence-corrected chi connectivity index (χ2v) is 6.75. The van der Waals surface area contributed by atoms with Gasteiger partial charge in [-0.25, -0.2) is 0 Å². The molecule has 0 spiro atoms. The maximum atomic E-state index is 13.0. The molecular formula is C20H28N2O3. The van der Waals surface area contributed by atoms with E-state index in [1.165, 1.54) is 0 Å². The number of nitriles is 1. The lowest BCUT2D eigenvalue weighted by atomic mass is 9.78. The number of carbonyl (C=O) groups excluding carboxylic acids is 1. The summed E-state index contributed by atoms with van der Waals surface area (Å²) in [6.45, 7) is 7.19. The van der Waals surface area contributed by atoms with E-state index in [4.69, 9.17) is 9.47 Å². The van der Waals surface area contributed by atoms with Crippen molar-refractivity contribution in [1.29, 1.82) is 5.26 Å². The van der Waals surface area contributed by atoms with Gasteiger partial charge >= 0.3 is 0 Å². The molecule has 5 heteroatoms. The van der Waals surface area contributed by atoms with Gasteiger partial charge in [-0.2, -0.15) is 5.26 Å². The van der Waals surface area contributed by atoms with E-state index in [0.29, 0.717) is 42.6 Å². The van der Waals surface area contributed by atoms with E-state index in [0.717, 1.165) is 25.7 Å². The van der Waals surface area contributed by atoms with E-state index < -0.39 is 5.60 Å².